The molecule has 0 saturated carbocycles. The molecule has 2 rings (SSSR count). The number of hydrogen-bond acceptors (Lipinski definition) is 6. The first-order valence-electron chi connectivity index (χ1n) is 6.58. The number of pyridine rings is 1. The first kappa shape index (κ1) is 15.4. The zero-order chi connectivity index (χ0) is 15.7. The van der Waals surface area contributed by atoms with E-state index in [0.717, 1.165) is 11.5 Å². The molecular weight excluding hydrogens is 292 g/mol. The van der Waals surface area contributed by atoms with Crippen LogP contribution in [-0.4, -0.2) is 33.0 Å². The second-order valence-electron chi connectivity index (χ2n) is 4.89. The van der Waals surface area contributed by atoms with Crippen LogP contribution in [0.2, 0.25) is 0 Å². The molecule has 112 valence electrons. The summed E-state index contributed by atoms with van der Waals surface area (Å²) in [6, 6.07) is 0. The quantitative estimate of drug-likeness (QED) is 0.873. The van der Waals surface area contributed by atoms with Crippen LogP contribution in [-0.2, 0) is 4.74 Å². The summed E-state index contributed by atoms with van der Waals surface area (Å²) in [5.41, 5.74) is 1.45. The van der Waals surface area contributed by atoms with Crippen molar-refractivity contribution in [2.24, 2.45) is 0 Å². The third-order valence-corrected chi connectivity index (χ3v) is 3.87. The Morgan fingerprint density at radius 2 is 2.05 bits per heavy atom. The highest BCUT2D eigenvalue weighted by Crippen LogP contribution is 2.32. The van der Waals surface area contributed by atoms with Gasteiger partial charge in [0.2, 0.25) is 0 Å². The van der Waals surface area contributed by atoms with Gasteiger partial charge in [0.15, 0.2) is 5.69 Å². The number of carboxylic acids is 1. The molecule has 2 aromatic rings. The molecule has 21 heavy (non-hydrogen) atoms. The van der Waals surface area contributed by atoms with E-state index in [4.69, 9.17) is 4.74 Å². The van der Waals surface area contributed by atoms with E-state index < -0.39 is 11.9 Å². The average molecular weight is 308 g/mol. The lowest BCUT2D eigenvalue weighted by atomic mass is 9.97. The molecule has 0 atom stereocenters. The van der Waals surface area contributed by atoms with Gasteiger partial charge in [-0.3, -0.25) is 0 Å². The number of fused-ring (bicyclic) bond motifs is 1. The number of aryl methyl sites for hydroxylation is 1. The van der Waals surface area contributed by atoms with Crippen LogP contribution < -0.4 is 0 Å². The maximum Gasteiger partial charge on any atom is 0.356 e. The van der Waals surface area contributed by atoms with Gasteiger partial charge in [-0.25, -0.2) is 14.6 Å². The predicted molar refractivity (Wildman–Crippen MR) is 79.2 cm³/mol. The van der Waals surface area contributed by atoms with Crippen LogP contribution in [0.25, 0.3) is 10.2 Å². The number of aromatic nitrogens is 2. The van der Waals surface area contributed by atoms with Crippen molar-refractivity contribution in [2.45, 2.75) is 33.6 Å². The minimum Gasteiger partial charge on any atom is -0.476 e. The van der Waals surface area contributed by atoms with Crippen molar-refractivity contribution in [2.75, 3.05) is 6.61 Å². The molecule has 2 heterocycles. The van der Waals surface area contributed by atoms with Crippen molar-refractivity contribution < 1.29 is 19.4 Å². The van der Waals surface area contributed by atoms with Gasteiger partial charge in [0.05, 0.1) is 23.3 Å². The van der Waals surface area contributed by atoms with Gasteiger partial charge in [0.25, 0.3) is 0 Å². The Morgan fingerprint density at radius 1 is 1.38 bits per heavy atom. The van der Waals surface area contributed by atoms with E-state index in [1.165, 1.54) is 0 Å². The zero-order valence-electron chi connectivity index (χ0n) is 12.3. The number of esters is 1. The lowest BCUT2D eigenvalue weighted by Gasteiger charge is -2.14. The Labute approximate surface area is 125 Å². The summed E-state index contributed by atoms with van der Waals surface area (Å²) in [5.74, 6) is -1.59. The van der Waals surface area contributed by atoms with E-state index >= 15 is 0 Å². The van der Waals surface area contributed by atoms with E-state index in [2.05, 4.69) is 9.36 Å². The second-order valence-corrected chi connectivity index (χ2v) is 5.64. The maximum absolute atomic E-state index is 12.2. The van der Waals surface area contributed by atoms with Crippen LogP contribution in [0.1, 0.15) is 58.8 Å². The molecular formula is C14H16N2O4S. The molecule has 0 saturated heterocycles. The van der Waals surface area contributed by atoms with Crippen LogP contribution in [0.4, 0.5) is 0 Å². The number of ether oxygens (including phenoxy) is 1. The van der Waals surface area contributed by atoms with Crippen molar-refractivity contribution >= 4 is 33.7 Å². The van der Waals surface area contributed by atoms with E-state index in [0.29, 0.717) is 27.0 Å². The van der Waals surface area contributed by atoms with Gasteiger partial charge >= 0.3 is 11.9 Å². The van der Waals surface area contributed by atoms with Crippen LogP contribution >= 0.6 is 11.5 Å². The maximum atomic E-state index is 12.2. The second kappa shape index (κ2) is 5.77. The van der Waals surface area contributed by atoms with E-state index in [1.54, 1.807) is 13.8 Å². The lowest BCUT2D eigenvalue weighted by molar-refractivity contribution is 0.0522. The molecule has 7 heteroatoms. The summed E-state index contributed by atoms with van der Waals surface area (Å²) in [4.78, 5) is 28.4. The monoisotopic (exact) mass is 308 g/mol. The summed E-state index contributed by atoms with van der Waals surface area (Å²) in [6.45, 7) is 7.54. The minimum absolute atomic E-state index is 0.0166. The Bertz CT molecular complexity index is 721. The van der Waals surface area contributed by atoms with E-state index in [1.807, 2.05) is 13.8 Å². The normalized spacial score (nSPS) is 11.1. The summed E-state index contributed by atoms with van der Waals surface area (Å²) in [5, 5.41) is 9.62. The minimum atomic E-state index is -1.13. The van der Waals surface area contributed by atoms with Gasteiger partial charge in [-0.1, -0.05) is 13.8 Å². The fourth-order valence-corrected chi connectivity index (χ4v) is 3.03. The van der Waals surface area contributed by atoms with Crippen LogP contribution in [0.15, 0.2) is 0 Å². The van der Waals surface area contributed by atoms with Crippen molar-refractivity contribution in [1.82, 2.24) is 9.36 Å². The fourth-order valence-electron chi connectivity index (χ4n) is 2.20. The molecule has 6 nitrogen and oxygen atoms in total. The number of rotatable bonds is 4. The van der Waals surface area contributed by atoms with Crippen LogP contribution in [0.3, 0.4) is 0 Å². The smallest absolute Gasteiger partial charge is 0.356 e. The summed E-state index contributed by atoms with van der Waals surface area (Å²) in [6.07, 6.45) is 0. The molecule has 0 aliphatic heterocycles. The third-order valence-electron chi connectivity index (χ3n) is 3.13. The molecule has 1 N–H and O–H groups in total. The standard InChI is InChI=1S/C14H16N2O4S/c1-5-20-14(19)9-7(4)8-11(13(17)18)16-21-12(8)15-10(9)6(2)3/h6H,5H2,1-4H3,(H,17,18). The largest absolute Gasteiger partial charge is 0.476 e. The number of aromatic carboxylic acids is 1. The first-order chi connectivity index (χ1) is 9.88. The predicted octanol–water partition coefficient (Wildman–Crippen LogP) is 3.00. The van der Waals surface area contributed by atoms with Crippen LogP contribution in [0, 0.1) is 6.92 Å². The molecule has 0 unspecified atom stereocenters. The fraction of sp³-hybridized carbons (Fsp3) is 0.429. The Kier molecular flexibility index (Phi) is 4.22. The van der Waals surface area contributed by atoms with Crippen molar-refractivity contribution in [3.05, 3.63) is 22.5 Å². The van der Waals surface area contributed by atoms with Crippen molar-refractivity contribution in [1.29, 1.82) is 0 Å². The molecule has 0 aliphatic rings. The van der Waals surface area contributed by atoms with Gasteiger partial charge in [-0.2, -0.15) is 4.37 Å². The molecule has 0 bridgehead atoms. The number of hydrogen-bond donors (Lipinski definition) is 1. The average Bonchev–Trinajstić information content (AvgIpc) is 2.82. The van der Waals surface area contributed by atoms with E-state index in [-0.39, 0.29) is 18.2 Å². The lowest BCUT2D eigenvalue weighted by Crippen LogP contribution is -2.13. The topological polar surface area (TPSA) is 89.4 Å². The summed E-state index contributed by atoms with van der Waals surface area (Å²) in [7, 11) is 0. The number of nitrogens with zero attached hydrogens (tertiary/aromatic N) is 2. The van der Waals surface area contributed by atoms with Crippen molar-refractivity contribution in [3.63, 3.8) is 0 Å². The summed E-state index contributed by atoms with van der Waals surface area (Å²) >= 11 is 1.03. The van der Waals surface area contributed by atoms with Crippen molar-refractivity contribution in [3.8, 4) is 0 Å². The highest BCUT2D eigenvalue weighted by Gasteiger charge is 2.26. The molecule has 0 aromatic carbocycles. The summed E-state index contributed by atoms with van der Waals surface area (Å²) < 4.78 is 9.01. The third kappa shape index (κ3) is 2.61. The molecule has 2 aromatic heterocycles. The number of carbonyl (C=O) groups is 2. The Morgan fingerprint density at radius 3 is 2.57 bits per heavy atom. The zero-order valence-corrected chi connectivity index (χ0v) is 13.1. The molecule has 0 spiro atoms. The van der Waals surface area contributed by atoms with Gasteiger partial charge in [0.1, 0.15) is 4.83 Å². The van der Waals surface area contributed by atoms with E-state index in [9.17, 15) is 14.7 Å². The highest BCUT2D eigenvalue weighted by molar-refractivity contribution is 7.13. The molecule has 0 aliphatic carbocycles. The Hall–Kier alpha value is -2.02. The molecule has 0 amide bonds. The van der Waals surface area contributed by atoms with Gasteiger partial charge < -0.3 is 9.84 Å². The SMILES string of the molecule is CCOC(=O)c1c(C(C)C)nc2snc(C(=O)O)c2c1C. The highest BCUT2D eigenvalue weighted by atomic mass is 32.1. The number of carbonyl (C=O) groups excluding carboxylic acids is 1. The molecule has 0 radical (unpaired) electrons. The number of carboxylic acid groups (broad SMARTS) is 1. The van der Waals surface area contributed by atoms with Crippen LogP contribution in [0.5, 0.6) is 0 Å². The first-order valence-corrected chi connectivity index (χ1v) is 7.36. The van der Waals surface area contributed by atoms with Gasteiger partial charge in [-0.05, 0) is 36.9 Å². The van der Waals surface area contributed by atoms with Gasteiger partial charge in [-0.15, -0.1) is 0 Å². The van der Waals surface area contributed by atoms with Gasteiger partial charge in [0, 0.05) is 0 Å². The Balaban J connectivity index is 2.82. The molecule has 0 fully saturated rings.